The summed E-state index contributed by atoms with van der Waals surface area (Å²) in [5.74, 6) is 0.214. The number of thiophene rings is 1. The summed E-state index contributed by atoms with van der Waals surface area (Å²) in [4.78, 5) is 29.1. The molecule has 0 radical (unpaired) electrons. The van der Waals surface area contributed by atoms with E-state index >= 15 is 0 Å². The van der Waals surface area contributed by atoms with Crippen LogP contribution >= 0.6 is 22.9 Å². The molecule has 126 valence electrons. The van der Waals surface area contributed by atoms with Crippen molar-refractivity contribution in [1.82, 2.24) is 9.80 Å². The molecule has 1 saturated heterocycles. The van der Waals surface area contributed by atoms with Gasteiger partial charge in [-0.15, -0.1) is 11.3 Å². The number of amides is 2. The van der Waals surface area contributed by atoms with Gasteiger partial charge in [0.05, 0.1) is 4.88 Å². The summed E-state index contributed by atoms with van der Waals surface area (Å²) in [7, 11) is 0. The topological polar surface area (TPSA) is 40.6 Å². The van der Waals surface area contributed by atoms with Crippen LogP contribution in [0.4, 0.5) is 0 Å². The number of carbonyl (C=O) groups excluding carboxylic acids is 2. The van der Waals surface area contributed by atoms with E-state index in [1.807, 2.05) is 51.6 Å². The fraction of sp³-hybridized carbons (Fsp3) is 0.333. The van der Waals surface area contributed by atoms with E-state index in [0.717, 1.165) is 10.4 Å². The van der Waals surface area contributed by atoms with Crippen molar-refractivity contribution < 1.29 is 9.59 Å². The summed E-state index contributed by atoms with van der Waals surface area (Å²) >= 11 is 7.32. The summed E-state index contributed by atoms with van der Waals surface area (Å²) in [5, 5.41) is 2.61. The first-order valence-electron chi connectivity index (χ1n) is 7.98. The Bertz CT molecular complexity index is 692. The summed E-state index contributed by atoms with van der Waals surface area (Å²) in [6, 6.07) is 11.3. The fourth-order valence-electron chi connectivity index (χ4n) is 2.78. The van der Waals surface area contributed by atoms with E-state index in [2.05, 4.69) is 0 Å². The van der Waals surface area contributed by atoms with E-state index in [0.29, 0.717) is 44.0 Å². The molecular formula is C18H19ClN2O2S. The number of aryl methyl sites for hydroxylation is 1. The molecule has 3 rings (SSSR count). The van der Waals surface area contributed by atoms with Gasteiger partial charge in [-0.05, 0) is 35.6 Å². The molecule has 1 fully saturated rings. The Morgan fingerprint density at radius 3 is 2.29 bits per heavy atom. The normalized spacial score (nSPS) is 14.7. The van der Waals surface area contributed by atoms with Crippen LogP contribution in [0.25, 0.3) is 0 Å². The molecule has 0 spiro atoms. The SMILES string of the molecule is O=C(CCc1ccc(Cl)cc1)N1CCN(C(=O)c2cccs2)CC1. The lowest BCUT2D eigenvalue weighted by molar-refractivity contribution is -0.132. The van der Waals surface area contributed by atoms with Crippen molar-refractivity contribution in [2.45, 2.75) is 12.8 Å². The predicted octanol–water partition coefficient (Wildman–Crippen LogP) is 3.32. The second-order valence-corrected chi connectivity index (χ2v) is 7.16. The smallest absolute Gasteiger partial charge is 0.264 e. The number of hydrogen-bond acceptors (Lipinski definition) is 3. The maximum atomic E-state index is 12.3. The number of rotatable bonds is 4. The molecule has 4 nitrogen and oxygen atoms in total. The van der Waals surface area contributed by atoms with E-state index in [-0.39, 0.29) is 11.8 Å². The number of benzene rings is 1. The Balaban J connectivity index is 1.46. The second kappa shape index (κ2) is 7.81. The van der Waals surface area contributed by atoms with Gasteiger partial charge in [-0.1, -0.05) is 29.8 Å². The Morgan fingerprint density at radius 2 is 1.67 bits per heavy atom. The van der Waals surface area contributed by atoms with Gasteiger partial charge in [0.25, 0.3) is 5.91 Å². The van der Waals surface area contributed by atoms with Gasteiger partial charge in [-0.2, -0.15) is 0 Å². The molecule has 0 bridgehead atoms. The quantitative estimate of drug-likeness (QED) is 0.837. The predicted molar refractivity (Wildman–Crippen MR) is 96.6 cm³/mol. The average molecular weight is 363 g/mol. The van der Waals surface area contributed by atoms with Crippen molar-refractivity contribution in [3.05, 3.63) is 57.2 Å². The molecule has 2 amide bonds. The van der Waals surface area contributed by atoms with E-state index in [1.54, 1.807) is 0 Å². The highest BCUT2D eigenvalue weighted by Gasteiger charge is 2.24. The number of carbonyl (C=O) groups is 2. The monoisotopic (exact) mass is 362 g/mol. The molecule has 1 aromatic carbocycles. The van der Waals surface area contributed by atoms with Gasteiger partial charge < -0.3 is 9.80 Å². The van der Waals surface area contributed by atoms with Gasteiger partial charge >= 0.3 is 0 Å². The number of hydrogen-bond donors (Lipinski definition) is 0. The van der Waals surface area contributed by atoms with Gasteiger partial charge in [0.15, 0.2) is 0 Å². The maximum absolute atomic E-state index is 12.3. The molecule has 0 aliphatic carbocycles. The average Bonchev–Trinajstić information content (AvgIpc) is 3.15. The maximum Gasteiger partial charge on any atom is 0.264 e. The first-order chi connectivity index (χ1) is 11.6. The van der Waals surface area contributed by atoms with Crippen LogP contribution in [0.5, 0.6) is 0 Å². The van der Waals surface area contributed by atoms with Crippen LogP contribution < -0.4 is 0 Å². The minimum atomic E-state index is 0.0678. The molecule has 0 saturated carbocycles. The van der Waals surface area contributed by atoms with Gasteiger partial charge in [-0.25, -0.2) is 0 Å². The summed E-state index contributed by atoms with van der Waals surface area (Å²) in [5.41, 5.74) is 1.11. The lowest BCUT2D eigenvalue weighted by atomic mass is 10.1. The Kier molecular flexibility index (Phi) is 5.53. The van der Waals surface area contributed by atoms with E-state index in [1.165, 1.54) is 11.3 Å². The zero-order valence-electron chi connectivity index (χ0n) is 13.3. The van der Waals surface area contributed by atoms with Crippen molar-refractivity contribution in [3.63, 3.8) is 0 Å². The highest BCUT2D eigenvalue weighted by molar-refractivity contribution is 7.12. The summed E-state index contributed by atoms with van der Waals surface area (Å²) in [6.45, 7) is 2.42. The van der Waals surface area contributed by atoms with Gasteiger partial charge in [0, 0.05) is 37.6 Å². The lowest BCUT2D eigenvalue weighted by Gasteiger charge is -2.34. The molecule has 24 heavy (non-hydrogen) atoms. The molecule has 1 aromatic heterocycles. The van der Waals surface area contributed by atoms with Crippen molar-refractivity contribution in [3.8, 4) is 0 Å². The highest BCUT2D eigenvalue weighted by atomic mass is 35.5. The molecule has 0 N–H and O–H groups in total. The minimum absolute atomic E-state index is 0.0678. The number of piperazine rings is 1. The van der Waals surface area contributed by atoms with Gasteiger partial charge in [0.1, 0.15) is 0 Å². The molecule has 2 heterocycles. The highest BCUT2D eigenvalue weighted by Crippen LogP contribution is 2.15. The van der Waals surface area contributed by atoms with E-state index < -0.39 is 0 Å². The van der Waals surface area contributed by atoms with E-state index in [9.17, 15) is 9.59 Å². The third-order valence-corrected chi connectivity index (χ3v) is 5.30. The Labute approximate surface area is 150 Å². The zero-order chi connectivity index (χ0) is 16.9. The molecular weight excluding hydrogens is 344 g/mol. The first-order valence-corrected chi connectivity index (χ1v) is 9.24. The van der Waals surface area contributed by atoms with Crippen LogP contribution in [0.1, 0.15) is 21.7 Å². The molecule has 2 aromatic rings. The van der Waals surface area contributed by atoms with Crippen LogP contribution in [0.3, 0.4) is 0 Å². The van der Waals surface area contributed by atoms with Gasteiger partial charge in [-0.3, -0.25) is 9.59 Å². The fourth-order valence-corrected chi connectivity index (χ4v) is 3.59. The second-order valence-electron chi connectivity index (χ2n) is 5.78. The van der Waals surface area contributed by atoms with Crippen LogP contribution in [-0.2, 0) is 11.2 Å². The molecule has 0 unspecified atom stereocenters. The molecule has 0 atom stereocenters. The standard InChI is InChI=1S/C18H19ClN2O2S/c19-15-6-3-14(4-7-15)5-8-17(22)20-9-11-21(12-10-20)18(23)16-2-1-13-24-16/h1-4,6-7,13H,5,8-12H2. The third-order valence-electron chi connectivity index (χ3n) is 4.19. The molecule has 6 heteroatoms. The van der Waals surface area contributed by atoms with Crippen LogP contribution in [0.2, 0.25) is 5.02 Å². The van der Waals surface area contributed by atoms with Crippen LogP contribution in [0, 0.1) is 0 Å². The molecule has 1 aliphatic heterocycles. The minimum Gasteiger partial charge on any atom is -0.339 e. The van der Waals surface area contributed by atoms with Crippen molar-refractivity contribution in [1.29, 1.82) is 0 Å². The van der Waals surface area contributed by atoms with E-state index in [4.69, 9.17) is 11.6 Å². The van der Waals surface area contributed by atoms with Crippen molar-refractivity contribution in [2.24, 2.45) is 0 Å². The Morgan fingerprint density at radius 1 is 1.00 bits per heavy atom. The first kappa shape index (κ1) is 17.0. The third kappa shape index (κ3) is 4.16. The lowest BCUT2D eigenvalue weighted by Crippen LogP contribution is -2.50. The summed E-state index contributed by atoms with van der Waals surface area (Å²) in [6.07, 6.45) is 1.20. The number of nitrogens with zero attached hydrogens (tertiary/aromatic N) is 2. The van der Waals surface area contributed by atoms with Crippen molar-refractivity contribution >= 4 is 34.8 Å². The largest absolute Gasteiger partial charge is 0.339 e. The Hall–Kier alpha value is -1.85. The number of halogens is 1. The summed E-state index contributed by atoms with van der Waals surface area (Å²) < 4.78 is 0. The van der Waals surface area contributed by atoms with Crippen LogP contribution in [0.15, 0.2) is 41.8 Å². The van der Waals surface area contributed by atoms with Crippen molar-refractivity contribution in [2.75, 3.05) is 26.2 Å². The zero-order valence-corrected chi connectivity index (χ0v) is 14.9. The molecule has 1 aliphatic rings. The van der Waals surface area contributed by atoms with Crippen LogP contribution in [-0.4, -0.2) is 47.8 Å². The van der Waals surface area contributed by atoms with Gasteiger partial charge in [0.2, 0.25) is 5.91 Å².